The topological polar surface area (TPSA) is 30.7 Å². The minimum Gasteiger partial charge on any atom is -0.225 e. The number of hydrogen-bond donors (Lipinski definition) is 0. The zero-order valence-corrected chi connectivity index (χ0v) is 6.33. The molecule has 0 spiro atoms. The zero-order valence-electron chi connectivity index (χ0n) is 6.33. The van der Waals surface area contributed by atoms with E-state index in [0.29, 0.717) is 0 Å². The molecule has 0 amide bonds. The van der Waals surface area contributed by atoms with Gasteiger partial charge in [0, 0.05) is 5.70 Å². The zero-order chi connectivity index (χ0) is 7.56. The Kier molecular flexibility index (Phi) is 1.85. The molecule has 1 aromatic rings. The lowest BCUT2D eigenvalue weighted by atomic mass is 10.4. The van der Waals surface area contributed by atoms with Gasteiger partial charge in [0.2, 0.25) is 0 Å². The predicted octanol–water partition coefficient (Wildman–Crippen LogP) is 1.33. The minimum absolute atomic E-state index is 0.896. The molecule has 1 aromatic heterocycles. The van der Waals surface area contributed by atoms with Gasteiger partial charge in [0.1, 0.15) is 0 Å². The summed E-state index contributed by atoms with van der Waals surface area (Å²) in [5.41, 5.74) is 1.90. The van der Waals surface area contributed by atoms with E-state index in [-0.39, 0.29) is 0 Å². The summed E-state index contributed by atoms with van der Waals surface area (Å²) in [4.78, 5) is 0. The Bertz CT molecular complexity index is 237. The van der Waals surface area contributed by atoms with Crippen molar-refractivity contribution in [3.05, 3.63) is 18.5 Å². The third kappa shape index (κ3) is 1.23. The van der Waals surface area contributed by atoms with Crippen molar-refractivity contribution in [2.24, 2.45) is 0 Å². The van der Waals surface area contributed by atoms with Crippen LogP contribution in [0.15, 0.2) is 12.8 Å². The van der Waals surface area contributed by atoms with E-state index in [2.05, 4.69) is 16.9 Å². The average molecular weight is 137 g/mol. The Hall–Kier alpha value is -1.12. The van der Waals surface area contributed by atoms with Crippen molar-refractivity contribution < 1.29 is 0 Å². The summed E-state index contributed by atoms with van der Waals surface area (Å²) in [6.45, 7) is 7.68. The van der Waals surface area contributed by atoms with Gasteiger partial charge >= 0.3 is 0 Å². The highest BCUT2D eigenvalue weighted by molar-refractivity contribution is 5.35. The minimum atomic E-state index is 0.896. The maximum atomic E-state index is 3.91. The number of aromatic nitrogens is 3. The molecule has 3 nitrogen and oxygen atoms in total. The Balaban J connectivity index is 2.88. The smallest absolute Gasteiger partial charge is 0.0828 e. The second-order valence-corrected chi connectivity index (χ2v) is 2.24. The fraction of sp³-hybridized carbons (Fsp3) is 0.429. The van der Waals surface area contributed by atoms with Gasteiger partial charge in [-0.25, -0.2) is 4.68 Å². The van der Waals surface area contributed by atoms with Crippen LogP contribution in [0.4, 0.5) is 0 Å². The van der Waals surface area contributed by atoms with Crippen LogP contribution in [0.25, 0.3) is 5.70 Å². The van der Waals surface area contributed by atoms with Crippen LogP contribution in [0, 0.1) is 0 Å². The van der Waals surface area contributed by atoms with E-state index in [0.717, 1.165) is 17.8 Å². The quantitative estimate of drug-likeness (QED) is 0.615. The van der Waals surface area contributed by atoms with Crippen molar-refractivity contribution >= 4 is 5.70 Å². The molecule has 0 aromatic carbocycles. The molecular formula is C7H11N3. The first-order chi connectivity index (χ1) is 4.74. The first-order valence-corrected chi connectivity index (χ1v) is 3.31. The second kappa shape index (κ2) is 2.64. The largest absolute Gasteiger partial charge is 0.225 e. The summed E-state index contributed by atoms with van der Waals surface area (Å²) in [6.07, 6.45) is 2.82. The number of aryl methyl sites for hydroxylation is 1. The summed E-state index contributed by atoms with van der Waals surface area (Å²) in [5, 5.41) is 7.76. The molecule has 54 valence electrons. The average Bonchev–Trinajstić information content (AvgIpc) is 2.34. The SMILES string of the molecule is C=C(C)n1cc(CC)nn1. The van der Waals surface area contributed by atoms with E-state index < -0.39 is 0 Å². The maximum Gasteiger partial charge on any atom is 0.0828 e. The van der Waals surface area contributed by atoms with Crippen molar-refractivity contribution in [3.63, 3.8) is 0 Å². The highest BCUT2D eigenvalue weighted by Gasteiger charge is 1.95. The third-order valence-electron chi connectivity index (χ3n) is 1.29. The van der Waals surface area contributed by atoms with Crippen molar-refractivity contribution in [3.8, 4) is 0 Å². The second-order valence-electron chi connectivity index (χ2n) is 2.24. The van der Waals surface area contributed by atoms with E-state index in [1.165, 1.54) is 0 Å². The van der Waals surface area contributed by atoms with Crippen LogP contribution in [0.5, 0.6) is 0 Å². The number of rotatable bonds is 2. The molecule has 0 fully saturated rings. The molecule has 10 heavy (non-hydrogen) atoms. The Morgan fingerprint density at radius 2 is 2.50 bits per heavy atom. The van der Waals surface area contributed by atoms with Crippen LogP contribution in [0.2, 0.25) is 0 Å². The molecule has 1 rings (SSSR count). The van der Waals surface area contributed by atoms with Gasteiger partial charge < -0.3 is 0 Å². The fourth-order valence-corrected chi connectivity index (χ4v) is 0.647. The van der Waals surface area contributed by atoms with Gasteiger partial charge in [0.25, 0.3) is 0 Å². The van der Waals surface area contributed by atoms with Crippen molar-refractivity contribution in [2.45, 2.75) is 20.3 Å². The number of nitrogens with zero attached hydrogens (tertiary/aromatic N) is 3. The molecule has 0 radical (unpaired) electrons. The van der Waals surface area contributed by atoms with Crippen LogP contribution < -0.4 is 0 Å². The van der Waals surface area contributed by atoms with Gasteiger partial charge in [-0.2, -0.15) is 0 Å². The van der Waals surface area contributed by atoms with Gasteiger partial charge in [-0.3, -0.25) is 0 Å². The van der Waals surface area contributed by atoms with E-state index in [1.54, 1.807) is 4.68 Å². The molecule has 3 heteroatoms. The van der Waals surface area contributed by atoms with Crippen molar-refractivity contribution in [2.75, 3.05) is 0 Å². The van der Waals surface area contributed by atoms with Crippen molar-refractivity contribution in [1.82, 2.24) is 15.0 Å². The molecule has 1 heterocycles. The highest BCUT2D eigenvalue weighted by Crippen LogP contribution is 1.99. The summed E-state index contributed by atoms with van der Waals surface area (Å²) in [6, 6.07) is 0. The summed E-state index contributed by atoms with van der Waals surface area (Å²) in [7, 11) is 0. The van der Waals surface area contributed by atoms with E-state index >= 15 is 0 Å². The van der Waals surface area contributed by atoms with Gasteiger partial charge in [-0.15, -0.1) is 5.10 Å². The maximum absolute atomic E-state index is 3.91. The van der Waals surface area contributed by atoms with Crippen LogP contribution >= 0.6 is 0 Å². The molecule has 0 N–H and O–H groups in total. The number of allylic oxidation sites excluding steroid dienone is 1. The molecule has 0 unspecified atom stereocenters. The molecule has 0 aliphatic rings. The molecule has 0 aliphatic heterocycles. The standard InChI is InChI=1S/C7H11N3/c1-4-7-5-10(6(2)3)9-8-7/h5H,2,4H2,1,3H3. The first kappa shape index (κ1) is 6.99. The third-order valence-corrected chi connectivity index (χ3v) is 1.29. The molecule has 0 saturated carbocycles. The van der Waals surface area contributed by atoms with Gasteiger partial charge in [-0.1, -0.05) is 18.7 Å². The monoisotopic (exact) mass is 137 g/mol. The van der Waals surface area contributed by atoms with Gasteiger partial charge in [-0.05, 0) is 13.3 Å². The Morgan fingerprint density at radius 3 is 2.80 bits per heavy atom. The molecule has 0 atom stereocenters. The van der Waals surface area contributed by atoms with Crippen LogP contribution in [-0.2, 0) is 6.42 Å². The fourth-order valence-electron chi connectivity index (χ4n) is 0.647. The molecular weight excluding hydrogens is 126 g/mol. The van der Waals surface area contributed by atoms with Crippen LogP contribution in [0.1, 0.15) is 19.5 Å². The first-order valence-electron chi connectivity index (χ1n) is 3.31. The van der Waals surface area contributed by atoms with E-state index in [9.17, 15) is 0 Å². The Labute approximate surface area is 60.4 Å². The lowest BCUT2D eigenvalue weighted by Gasteiger charge is -1.92. The van der Waals surface area contributed by atoms with Crippen molar-refractivity contribution in [1.29, 1.82) is 0 Å². The summed E-state index contributed by atoms with van der Waals surface area (Å²) < 4.78 is 1.68. The molecule has 0 saturated heterocycles. The number of hydrogen-bond acceptors (Lipinski definition) is 2. The molecule has 0 bridgehead atoms. The van der Waals surface area contributed by atoms with E-state index in [4.69, 9.17) is 0 Å². The van der Waals surface area contributed by atoms with E-state index in [1.807, 2.05) is 20.0 Å². The highest BCUT2D eigenvalue weighted by atomic mass is 15.4. The van der Waals surface area contributed by atoms with Gasteiger partial charge in [0.15, 0.2) is 0 Å². The summed E-state index contributed by atoms with van der Waals surface area (Å²) in [5.74, 6) is 0. The lowest BCUT2D eigenvalue weighted by molar-refractivity contribution is 0.810. The Morgan fingerprint density at radius 1 is 1.80 bits per heavy atom. The predicted molar refractivity (Wildman–Crippen MR) is 40.4 cm³/mol. The van der Waals surface area contributed by atoms with Gasteiger partial charge in [0.05, 0.1) is 11.9 Å². The normalized spacial score (nSPS) is 9.80. The van der Waals surface area contributed by atoms with Crippen LogP contribution in [-0.4, -0.2) is 15.0 Å². The molecule has 0 aliphatic carbocycles. The summed E-state index contributed by atoms with van der Waals surface area (Å²) >= 11 is 0. The lowest BCUT2D eigenvalue weighted by Crippen LogP contribution is -1.91. The van der Waals surface area contributed by atoms with Crippen LogP contribution in [0.3, 0.4) is 0 Å².